The molecular weight excluding hydrogens is 280 g/mol. The third-order valence-electron chi connectivity index (χ3n) is 4.33. The van der Waals surface area contributed by atoms with Crippen LogP contribution in [0.2, 0.25) is 0 Å². The Morgan fingerprint density at radius 3 is 2.50 bits per heavy atom. The molecule has 118 valence electrons. The molecule has 0 saturated heterocycles. The third-order valence-corrected chi connectivity index (χ3v) is 4.33. The number of para-hydroxylation sites is 2. The first-order chi connectivity index (χ1) is 10.7. The fourth-order valence-electron chi connectivity index (χ4n) is 2.99. The van der Waals surface area contributed by atoms with Crippen LogP contribution in [0.1, 0.15) is 19.8 Å². The van der Waals surface area contributed by atoms with Crippen molar-refractivity contribution in [3.05, 3.63) is 34.7 Å². The van der Waals surface area contributed by atoms with Crippen molar-refractivity contribution in [2.45, 2.75) is 38.9 Å². The van der Waals surface area contributed by atoms with Crippen molar-refractivity contribution in [3.63, 3.8) is 0 Å². The third kappa shape index (κ3) is 2.66. The highest BCUT2D eigenvalue weighted by Crippen LogP contribution is 2.32. The smallest absolute Gasteiger partial charge is 0.329 e. The van der Waals surface area contributed by atoms with Gasteiger partial charge in [-0.05, 0) is 37.8 Å². The van der Waals surface area contributed by atoms with E-state index in [1.165, 1.54) is 4.57 Å². The van der Waals surface area contributed by atoms with E-state index in [2.05, 4.69) is 5.32 Å². The van der Waals surface area contributed by atoms with Crippen LogP contribution in [0.3, 0.4) is 0 Å². The average Bonchev–Trinajstić information content (AvgIpc) is 3.32. The van der Waals surface area contributed by atoms with Crippen molar-refractivity contribution in [2.75, 3.05) is 6.54 Å². The molecule has 1 atom stereocenters. The molecule has 2 aromatic rings. The predicted molar refractivity (Wildman–Crippen MR) is 85.6 cm³/mol. The highest BCUT2D eigenvalue weighted by Gasteiger charge is 2.31. The van der Waals surface area contributed by atoms with Crippen molar-refractivity contribution in [3.8, 4) is 0 Å². The van der Waals surface area contributed by atoms with Gasteiger partial charge in [0.1, 0.15) is 6.54 Å². The van der Waals surface area contributed by atoms with Crippen molar-refractivity contribution >= 4 is 16.9 Å². The Labute approximate surface area is 128 Å². The Kier molecular flexibility index (Phi) is 4.02. The van der Waals surface area contributed by atoms with Gasteiger partial charge in [0.25, 0.3) is 0 Å². The SMILES string of the molecule is CCn1c(=O)n(CC(=O)NC(CN)C2CC2)c2ccccc21. The summed E-state index contributed by atoms with van der Waals surface area (Å²) in [5.74, 6) is 0.353. The van der Waals surface area contributed by atoms with Gasteiger partial charge in [-0.15, -0.1) is 0 Å². The van der Waals surface area contributed by atoms with Crippen LogP contribution in [0.4, 0.5) is 0 Å². The number of fused-ring (bicyclic) bond motifs is 1. The molecule has 0 spiro atoms. The number of rotatable bonds is 6. The molecule has 1 saturated carbocycles. The topological polar surface area (TPSA) is 82.0 Å². The zero-order chi connectivity index (χ0) is 15.7. The maximum atomic E-state index is 12.5. The van der Waals surface area contributed by atoms with E-state index in [0.29, 0.717) is 19.0 Å². The summed E-state index contributed by atoms with van der Waals surface area (Å²) in [6, 6.07) is 7.58. The number of carbonyl (C=O) groups is 1. The molecule has 1 aromatic heterocycles. The molecule has 0 radical (unpaired) electrons. The Morgan fingerprint density at radius 1 is 1.32 bits per heavy atom. The highest BCUT2D eigenvalue weighted by atomic mass is 16.2. The molecule has 0 aliphatic heterocycles. The molecule has 6 nitrogen and oxygen atoms in total. The van der Waals surface area contributed by atoms with E-state index in [-0.39, 0.29) is 24.2 Å². The van der Waals surface area contributed by atoms with Crippen LogP contribution in [0, 0.1) is 5.92 Å². The standard InChI is InChI=1S/C16H22N4O2/c1-2-19-13-5-3-4-6-14(13)20(16(19)22)10-15(21)18-12(9-17)11-7-8-11/h3-6,11-12H,2,7-10,17H2,1H3,(H,18,21). The minimum absolute atomic E-state index is 0.0303. The molecule has 1 amide bonds. The Hall–Kier alpha value is -2.08. The number of nitrogens with one attached hydrogen (secondary N) is 1. The van der Waals surface area contributed by atoms with Crippen LogP contribution in [0.15, 0.2) is 29.1 Å². The summed E-state index contributed by atoms with van der Waals surface area (Å²) in [4.78, 5) is 24.7. The molecule has 3 N–H and O–H groups in total. The van der Waals surface area contributed by atoms with E-state index in [9.17, 15) is 9.59 Å². The zero-order valence-corrected chi connectivity index (χ0v) is 12.8. The summed E-state index contributed by atoms with van der Waals surface area (Å²) >= 11 is 0. The van der Waals surface area contributed by atoms with Gasteiger partial charge in [0.15, 0.2) is 0 Å². The van der Waals surface area contributed by atoms with Crippen molar-refractivity contribution in [1.82, 2.24) is 14.5 Å². The second-order valence-corrected chi connectivity index (χ2v) is 5.85. The Balaban J connectivity index is 1.85. The zero-order valence-electron chi connectivity index (χ0n) is 12.8. The van der Waals surface area contributed by atoms with Gasteiger partial charge in [0.2, 0.25) is 5.91 Å². The fraction of sp³-hybridized carbons (Fsp3) is 0.500. The van der Waals surface area contributed by atoms with E-state index in [1.54, 1.807) is 4.57 Å². The fourth-order valence-corrected chi connectivity index (χ4v) is 2.99. The number of aromatic nitrogens is 2. The molecular formula is C16H22N4O2. The highest BCUT2D eigenvalue weighted by molar-refractivity contribution is 5.81. The van der Waals surface area contributed by atoms with E-state index in [1.807, 2.05) is 31.2 Å². The Bertz CT molecular complexity index is 742. The molecule has 0 bridgehead atoms. The number of nitrogens with two attached hydrogens (primary N) is 1. The van der Waals surface area contributed by atoms with Gasteiger partial charge in [0, 0.05) is 19.1 Å². The van der Waals surface area contributed by atoms with E-state index in [4.69, 9.17) is 5.73 Å². The van der Waals surface area contributed by atoms with Gasteiger partial charge in [0.05, 0.1) is 11.0 Å². The number of hydrogen-bond donors (Lipinski definition) is 2. The molecule has 1 aromatic carbocycles. The summed E-state index contributed by atoms with van der Waals surface area (Å²) in [6.07, 6.45) is 2.24. The molecule has 22 heavy (non-hydrogen) atoms. The second kappa shape index (κ2) is 5.96. The number of imidazole rings is 1. The maximum absolute atomic E-state index is 12.5. The van der Waals surface area contributed by atoms with Crippen LogP contribution < -0.4 is 16.7 Å². The van der Waals surface area contributed by atoms with Crippen LogP contribution in [0.25, 0.3) is 11.0 Å². The lowest BCUT2D eigenvalue weighted by Crippen LogP contribution is -2.44. The lowest BCUT2D eigenvalue weighted by Gasteiger charge is -2.16. The summed E-state index contributed by atoms with van der Waals surface area (Å²) < 4.78 is 3.22. The van der Waals surface area contributed by atoms with E-state index < -0.39 is 0 Å². The lowest BCUT2D eigenvalue weighted by atomic mass is 10.2. The summed E-state index contributed by atoms with van der Waals surface area (Å²) in [5, 5.41) is 2.96. The Morgan fingerprint density at radius 2 is 1.95 bits per heavy atom. The summed E-state index contributed by atoms with van der Waals surface area (Å²) in [6.45, 7) is 2.99. The monoisotopic (exact) mass is 302 g/mol. The molecule has 3 rings (SSSR count). The minimum Gasteiger partial charge on any atom is -0.350 e. The van der Waals surface area contributed by atoms with Gasteiger partial charge in [-0.25, -0.2) is 4.79 Å². The van der Waals surface area contributed by atoms with E-state index in [0.717, 1.165) is 23.9 Å². The van der Waals surface area contributed by atoms with Crippen LogP contribution in [-0.2, 0) is 17.9 Å². The first kappa shape index (κ1) is 14.8. The van der Waals surface area contributed by atoms with Crippen molar-refractivity contribution in [2.24, 2.45) is 11.7 Å². The molecule has 1 heterocycles. The number of aryl methyl sites for hydroxylation is 1. The first-order valence-corrected chi connectivity index (χ1v) is 7.83. The molecule has 1 unspecified atom stereocenters. The first-order valence-electron chi connectivity index (χ1n) is 7.83. The number of amides is 1. The van der Waals surface area contributed by atoms with Gasteiger partial charge in [-0.3, -0.25) is 13.9 Å². The number of nitrogens with zero attached hydrogens (tertiary/aromatic N) is 2. The van der Waals surface area contributed by atoms with Crippen molar-refractivity contribution < 1.29 is 4.79 Å². The normalized spacial score (nSPS) is 15.9. The van der Waals surface area contributed by atoms with Gasteiger partial charge < -0.3 is 11.1 Å². The molecule has 1 fully saturated rings. The summed E-state index contributed by atoms with van der Waals surface area (Å²) in [5.41, 5.74) is 7.22. The van der Waals surface area contributed by atoms with Crippen LogP contribution in [0.5, 0.6) is 0 Å². The van der Waals surface area contributed by atoms with Crippen LogP contribution in [-0.4, -0.2) is 27.6 Å². The molecule has 1 aliphatic carbocycles. The number of benzene rings is 1. The molecule has 1 aliphatic rings. The minimum atomic E-state index is -0.150. The predicted octanol–water partition coefficient (Wildman–Crippen LogP) is 0.676. The number of carbonyl (C=O) groups excluding carboxylic acids is 1. The number of hydrogen-bond acceptors (Lipinski definition) is 3. The summed E-state index contributed by atoms with van der Waals surface area (Å²) in [7, 11) is 0. The lowest BCUT2D eigenvalue weighted by molar-refractivity contribution is -0.122. The largest absolute Gasteiger partial charge is 0.350 e. The quantitative estimate of drug-likeness (QED) is 0.823. The maximum Gasteiger partial charge on any atom is 0.329 e. The van der Waals surface area contributed by atoms with Gasteiger partial charge in [-0.2, -0.15) is 0 Å². The van der Waals surface area contributed by atoms with Crippen LogP contribution >= 0.6 is 0 Å². The van der Waals surface area contributed by atoms with E-state index >= 15 is 0 Å². The van der Waals surface area contributed by atoms with Gasteiger partial charge >= 0.3 is 5.69 Å². The molecule has 6 heteroatoms. The van der Waals surface area contributed by atoms with Gasteiger partial charge in [-0.1, -0.05) is 12.1 Å². The average molecular weight is 302 g/mol. The second-order valence-electron chi connectivity index (χ2n) is 5.85. The van der Waals surface area contributed by atoms with Crippen molar-refractivity contribution in [1.29, 1.82) is 0 Å².